The van der Waals surface area contributed by atoms with Gasteiger partial charge in [0.1, 0.15) is 11.9 Å². The molecule has 48 heavy (non-hydrogen) atoms. The second kappa shape index (κ2) is 15.9. The number of anilines is 1. The van der Waals surface area contributed by atoms with Crippen LogP contribution in [0.1, 0.15) is 68.9 Å². The number of carbonyl (C=O) groups is 2. The summed E-state index contributed by atoms with van der Waals surface area (Å²) < 4.78 is 48.8. The van der Waals surface area contributed by atoms with Crippen molar-refractivity contribution in [2.75, 3.05) is 30.8 Å². The van der Waals surface area contributed by atoms with Gasteiger partial charge in [0.25, 0.3) is 0 Å². The van der Waals surface area contributed by atoms with Crippen LogP contribution in [-0.4, -0.2) is 84.4 Å². The highest BCUT2D eigenvalue weighted by Crippen LogP contribution is 2.41. The number of hydrogen-bond donors (Lipinski definition) is 2. The fraction of sp³-hybridized carbons (Fsp3) is 0.576. The van der Waals surface area contributed by atoms with Gasteiger partial charge in [0, 0.05) is 58.9 Å². The Labute approximate surface area is 285 Å². The number of amides is 2. The van der Waals surface area contributed by atoms with Gasteiger partial charge in [0.2, 0.25) is 15.9 Å². The number of fused-ring (bicyclic) bond motifs is 2. The van der Waals surface area contributed by atoms with Crippen LogP contribution in [0.25, 0.3) is 10.4 Å². The van der Waals surface area contributed by atoms with E-state index in [1.54, 1.807) is 18.2 Å². The highest BCUT2D eigenvalue weighted by Gasteiger charge is 2.43. The van der Waals surface area contributed by atoms with E-state index in [2.05, 4.69) is 15.3 Å². The molecule has 3 aliphatic rings. The number of piperazine rings is 1. The van der Waals surface area contributed by atoms with E-state index < -0.39 is 51.9 Å². The Kier molecular flexibility index (Phi) is 11.9. The van der Waals surface area contributed by atoms with E-state index in [4.69, 9.17) is 16.3 Å². The number of rotatable bonds is 11. The molecule has 2 bridgehead atoms. The van der Waals surface area contributed by atoms with Crippen molar-refractivity contribution in [3.8, 4) is 0 Å². The van der Waals surface area contributed by atoms with Crippen molar-refractivity contribution in [1.82, 2.24) is 9.21 Å². The molecule has 1 saturated carbocycles. The SMILES string of the molecule is CCOC1CCC(C(c2ccc(Cl)cc2)C(N=[N+]=[N-])C(=O)Nc2cccc(F)c2CCC2CN(C(=O)O)C3CCCS(=O)(=O)N2C3)CC1. The molecule has 260 valence electrons. The van der Waals surface area contributed by atoms with Crippen LogP contribution in [0, 0.1) is 11.7 Å². The van der Waals surface area contributed by atoms with Gasteiger partial charge < -0.3 is 20.1 Å². The van der Waals surface area contributed by atoms with Gasteiger partial charge in [-0.1, -0.05) is 34.9 Å². The van der Waals surface area contributed by atoms with Crippen LogP contribution in [0.2, 0.25) is 5.02 Å². The van der Waals surface area contributed by atoms with Crippen LogP contribution in [0.3, 0.4) is 0 Å². The number of carboxylic acid groups (broad SMARTS) is 1. The monoisotopic (exact) mass is 704 g/mol. The molecule has 2 amide bonds. The number of hydrogen-bond acceptors (Lipinski definition) is 6. The van der Waals surface area contributed by atoms with E-state index in [0.29, 0.717) is 24.5 Å². The molecule has 2 saturated heterocycles. The predicted molar refractivity (Wildman–Crippen MR) is 180 cm³/mol. The van der Waals surface area contributed by atoms with Crippen molar-refractivity contribution in [3.63, 3.8) is 0 Å². The average molecular weight is 705 g/mol. The van der Waals surface area contributed by atoms with Crippen molar-refractivity contribution in [1.29, 1.82) is 0 Å². The lowest BCUT2D eigenvalue weighted by Gasteiger charge is -2.43. The Morgan fingerprint density at radius 1 is 1.15 bits per heavy atom. The first-order chi connectivity index (χ1) is 23.0. The van der Waals surface area contributed by atoms with Gasteiger partial charge in [-0.3, -0.25) is 4.79 Å². The predicted octanol–water partition coefficient (Wildman–Crippen LogP) is 6.56. The van der Waals surface area contributed by atoms with E-state index in [0.717, 1.165) is 31.2 Å². The zero-order valence-electron chi connectivity index (χ0n) is 26.9. The van der Waals surface area contributed by atoms with Crippen molar-refractivity contribution >= 4 is 39.3 Å². The van der Waals surface area contributed by atoms with E-state index in [1.165, 1.54) is 21.3 Å². The number of nitrogens with one attached hydrogen (secondary N) is 1. The summed E-state index contributed by atoms with van der Waals surface area (Å²) in [5, 5.41) is 17.2. The molecule has 5 rings (SSSR count). The average Bonchev–Trinajstić information content (AvgIpc) is 3.18. The molecular formula is C33H42ClFN6O6S. The zero-order valence-corrected chi connectivity index (χ0v) is 28.5. The molecule has 2 aromatic carbocycles. The maximum Gasteiger partial charge on any atom is 0.407 e. The molecule has 3 fully saturated rings. The molecule has 5 atom stereocenters. The summed E-state index contributed by atoms with van der Waals surface area (Å²) in [6.45, 7) is 2.61. The maximum atomic E-state index is 15.4. The number of nitrogens with zero attached hydrogens (tertiary/aromatic N) is 5. The van der Waals surface area contributed by atoms with Crippen molar-refractivity contribution in [3.05, 3.63) is 74.9 Å². The molecule has 2 aliphatic heterocycles. The third-order valence-electron chi connectivity index (χ3n) is 9.96. The van der Waals surface area contributed by atoms with E-state index in [9.17, 15) is 28.6 Å². The minimum Gasteiger partial charge on any atom is -0.465 e. The number of azide groups is 1. The second-order valence-electron chi connectivity index (χ2n) is 12.8. The van der Waals surface area contributed by atoms with Crippen LogP contribution in [0.15, 0.2) is 47.6 Å². The first-order valence-electron chi connectivity index (χ1n) is 16.5. The van der Waals surface area contributed by atoms with Crippen LogP contribution in [0.5, 0.6) is 0 Å². The highest BCUT2D eigenvalue weighted by atomic mass is 35.5. The fourth-order valence-corrected chi connectivity index (χ4v) is 9.55. The number of carbonyl (C=O) groups excluding carboxylic acids is 1. The summed E-state index contributed by atoms with van der Waals surface area (Å²) in [7, 11) is -3.62. The molecule has 1 aliphatic carbocycles. The Hall–Kier alpha value is -3.42. The molecule has 0 spiro atoms. The molecular weight excluding hydrogens is 663 g/mol. The smallest absolute Gasteiger partial charge is 0.407 e. The lowest BCUT2D eigenvalue weighted by molar-refractivity contribution is -0.118. The van der Waals surface area contributed by atoms with Gasteiger partial charge in [-0.05, 0) is 99.6 Å². The van der Waals surface area contributed by atoms with Gasteiger partial charge in [-0.2, -0.15) is 4.31 Å². The Bertz CT molecular complexity index is 1620. The lowest BCUT2D eigenvalue weighted by atomic mass is 9.72. The molecule has 15 heteroatoms. The van der Waals surface area contributed by atoms with Crippen LogP contribution in [0.4, 0.5) is 14.9 Å². The summed E-state index contributed by atoms with van der Waals surface area (Å²) in [5.74, 6) is -1.75. The third kappa shape index (κ3) is 8.23. The van der Waals surface area contributed by atoms with E-state index in [1.807, 2.05) is 19.1 Å². The van der Waals surface area contributed by atoms with Crippen LogP contribution >= 0.6 is 11.6 Å². The van der Waals surface area contributed by atoms with E-state index in [-0.39, 0.29) is 55.0 Å². The lowest BCUT2D eigenvalue weighted by Crippen LogP contribution is -2.60. The quantitative estimate of drug-likeness (QED) is 0.153. The number of sulfonamides is 1. The van der Waals surface area contributed by atoms with Gasteiger partial charge in [0.05, 0.1) is 11.9 Å². The summed E-state index contributed by atoms with van der Waals surface area (Å²) in [6.07, 6.45) is 3.10. The summed E-state index contributed by atoms with van der Waals surface area (Å²) in [5.41, 5.74) is 10.7. The number of benzene rings is 2. The largest absolute Gasteiger partial charge is 0.465 e. The normalized spacial score (nSPS) is 26.4. The van der Waals surface area contributed by atoms with Crippen molar-refractivity contribution in [2.24, 2.45) is 11.0 Å². The summed E-state index contributed by atoms with van der Waals surface area (Å²) >= 11 is 6.18. The van der Waals surface area contributed by atoms with Gasteiger partial charge in [0.15, 0.2) is 0 Å². The zero-order chi connectivity index (χ0) is 34.4. The summed E-state index contributed by atoms with van der Waals surface area (Å²) in [4.78, 5) is 30.4. The second-order valence-corrected chi connectivity index (χ2v) is 15.3. The van der Waals surface area contributed by atoms with Gasteiger partial charge >= 0.3 is 6.09 Å². The first-order valence-corrected chi connectivity index (χ1v) is 18.5. The Morgan fingerprint density at radius 3 is 2.54 bits per heavy atom. The molecule has 12 nitrogen and oxygen atoms in total. The minimum absolute atomic E-state index is 0.000932. The standard InChI is InChI=1S/C33H42ClFN6O6S/c1-2-47-26-15-10-22(11-16-26)30(21-8-12-23(34)13-9-21)31(38-39-36)32(42)37-29-7-3-6-28(35)27(29)17-14-25-19-40(33(43)44)24-5-4-18-48(45,46)41(25)20-24/h3,6-9,12-13,22,24-26,30-31H,2,4-5,10-11,14-20H2,1H3,(H,37,42)(H,43,44). The van der Waals surface area contributed by atoms with Gasteiger partial charge in [-0.25, -0.2) is 17.6 Å². The molecule has 2 aromatic rings. The molecule has 0 radical (unpaired) electrons. The van der Waals surface area contributed by atoms with Crippen LogP contribution < -0.4 is 5.32 Å². The number of ether oxygens (including phenoxy) is 1. The third-order valence-corrected chi connectivity index (χ3v) is 12.2. The highest BCUT2D eigenvalue weighted by molar-refractivity contribution is 7.89. The van der Waals surface area contributed by atoms with Crippen LogP contribution in [-0.2, 0) is 26.0 Å². The van der Waals surface area contributed by atoms with Crippen molar-refractivity contribution < 1.29 is 32.2 Å². The van der Waals surface area contributed by atoms with E-state index >= 15 is 4.39 Å². The maximum absolute atomic E-state index is 15.4. The summed E-state index contributed by atoms with van der Waals surface area (Å²) in [6, 6.07) is 9.10. The molecule has 5 unspecified atom stereocenters. The molecule has 2 N–H and O–H groups in total. The van der Waals surface area contributed by atoms with Crippen molar-refractivity contribution in [2.45, 2.75) is 88.4 Å². The Morgan fingerprint density at radius 2 is 1.88 bits per heavy atom. The topological polar surface area (TPSA) is 165 Å². The molecule has 2 heterocycles. The van der Waals surface area contributed by atoms with Gasteiger partial charge in [-0.15, -0.1) is 0 Å². The molecule has 0 aromatic heterocycles. The minimum atomic E-state index is -3.62. The fourth-order valence-electron chi connectivity index (χ4n) is 7.64. The first kappa shape index (κ1) is 35.9. The Balaban J connectivity index is 1.39. The number of halogens is 2.